The fraction of sp³-hybridized carbons (Fsp3) is 0.188. The quantitative estimate of drug-likeness (QED) is 0.621. The lowest BCUT2D eigenvalue weighted by Crippen LogP contribution is -2.25. The molecule has 2 rings (SSSR count). The highest BCUT2D eigenvalue weighted by molar-refractivity contribution is 7.98. The molecule has 0 aliphatic rings. The van der Waals surface area contributed by atoms with E-state index in [0.717, 1.165) is 10.6 Å². The normalized spacial score (nSPS) is 10.3. The molecule has 20 heavy (non-hydrogen) atoms. The van der Waals surface area contributed by atoms with E-state index in [1.54, 1.807) is 18.8 Å². The van der Waals surface area contributed by atoms with Crippen molar-refractivity contribution < 1.29 is 9.63 Å². The van der Waals surface area contributed by atoms with Gasteiger partial charge in [-0.3, -0.25) is 9.63 Å². The molecule has 2 aromatic rings. The Hall–Kier alpha value is -1.78. The van der Waals surface area contributed by atoms with Gasteiger partial charge in [-0.25, -0.2) is 5.06 Å². The summed E-state index contributed by atoms with van der Waals surface area (Å²) in [7, 11) is 3.07. The van der Waals surface area contributed by atoms with Crippen LogP contribution in [0.3, 0.4) is 0 Å². The van der Waals surface area contributed by atoms with E-state index in [-0.39, 0.29) is 5.91 Å². The van der Waals surface area contributed by atoms with Crippen molar-refractivity contribution in [1.29, 1.82) is 0 Å². The minimum Gasteiger partial charge on any atom is -0.274 e. The van der Waals surface area contributed by atoms with Crippen molar-refractivity contribution in [3.05, 3.63) is 65.7 Å². The molecule has 0 aliphatic carbocycles. The third-order valence-corrected chi connectivity index (χ3v) is 3.99. The summed E-state index contributed by atoms with van der Waals surface area (Å²) >= 11 is 1.75. The summed E-state index contributed by atoms with van der Waals surface area (Å²) in [5.74, 6) is 0.777. The fourth-order valence-electron chi connectivity index (χ4n) is 1.70. The second-order valence-corrected chi connectivity index (χ2v) is 5.33. The molecule has 4 heteroatoms. The molecule has 0 saturated heterocycles. The number of amides is 1. The van der Waals surface area contributed by atoms with Crippen molar-refractivity contribution in [3.63, 3.8) is 0 Å². The molecule has 0 heterocycles. The molecular weight excluding hydrogens is 270 g/mol. The molecule has 104 valence electrons. The summed E-state index contributed by atoms with van der Waals surface area (Å²) < 4.78 is 0. The van der Waals surface area contributed by atoms with Crippen LogP contribution in [0.2, 0.25) is 0 Å². The van der Waals surface area contributed by atoms with Crippen LogP contribution in [0.5, 0.6) is 0 Å². The molecular formula is C16H17NO2S. The Morgan fingerprint density at radius 1 is 1.10 bits per heavy atom. The standard InChI is InChI=1S/C16H17NO2S/c1-17(19-2)16(18)14-8-10-15(11-9-14)20-12-13-6-4-3-5-7-13/h3-11H,12H2,1-2H3. The third-order valence-electron chi connectivity index (χ3n) is 2.91. The van der Waals surface area contributed by atoms with Crippen molar-refractivity contribution in [1.82, 2.24) is 5.06 Å². The third kappa shape index (κ3) is 3.85. The van der Waals surface area contributed by atoms with Gasteiger partial charge in [-0.15, -0.1) is 11.8 Å². The topological polar surface area (TPSA) is 29.5 Å². The minimum absolute atomic E-state index is 0.146. The van der Waals surface area contributed by atoms with E-state index in [2.05, 4.69) is 12.1 Å². The van der Waals surface area contributed by atoms with Gasteiger partial charge in [-0.1, -0.05) is 30.3 Å². The smallest absolute Gasteiger partial charge is 0.274 e. The Morgan fingerprint density at radius 2 is 1.75 bits per heavy atom. The molecule has 1 amide bonds. The van der Waals surface area contributed by atoms with Gasteiger partial charge in [-0.2, -0.15) is 0 Å². The second-order valence-electron chi connectivity index (χ2n) is 4.28. The Balaban J connectivity index is 1.96. The van der Waals surface area contributed by atoms with Crippen LogP contribution in [0.4, 0.5) is 0 Å². The number of carbonyl (C=O) groups excluding carboxylic acids is 1. The van der Waals surface area contributed by atoms with E-state index in [4.69, 9.17) is 4.84 Å². The van der Waals surface area contributed by atoms with Crippen LogP contribution >= 0.6 is 11.8 Å². The molecule has 0 atom stereocenters. The lowest BCUT2D eigenvalue weighted by atomic mass is 10.2. The van der Waals surface area contributed by atoms with Crippen LogP contribution in [0, 0.1) is 0 Å². The Labute approximate surface area is 123 Å². The lowest BCUT2D eigenvalue weighted by Gasteiger charge is -2.13. The molecule has 0 unspecified atom stereocenters. The first-order chi connectivity index (χ1) is 9.70. The minimum atomic E-state index is -0.146. The average Bonchev–Trinajstić information content (AvgIpc) is 2.53. The van der Waals surface area contributed by atoms with Gasteiger partial charge in [0.15, 0.2) is 0 Å². The van der Waals surface area contributed by atoms with Gasteiger partial charge in [0.25, 0.3) is 5.91 Å². The van der Waals surface area contributed by atoms with Crippen molar-refractivity contribution in [3.8, 4) is 0 Å². The number of thioether (sulfide) groups is 1. The molecule has 0 radical (unpaired) electrons. The van der Waals surface area contributed by atoms with E-state index >= 15 is 0 Å². The van der Waals surface area contributed by atoms with Crippen LogP contribution < -0.4 is 0 Å². The highest BCUT2D eigenvalue weighted by Gasteiger charge is 2.10. The predicted molar refractivity (Wildman–Crippen MR) is 81.5 cm³/mol. The molecule has 0 fully saturated rings. The van der Waals surface area contributed by atoms with Crippen molar-refractivity contribution in [2.24, 2.45) is 0 Å². The largest absolute Gasteiger partial charge is 0.277 e. The van der Waals surface area contributed by atoms with Crippen LogP contribution in [0.15, 0.2) is 59.5 Å². The SMILES string of the molecule is CON(C)C(=O)c1ccc(SCc2ccccc2)cc1. The van der Waals surface area contributed by atoms with Gasteiger partial charge in [0.05, 0.1) is 7.11 Å². The Morgan fingerprint density at radius 3 is 2.35 bits per heavy atom. The van der Waals surface area contributed by atoms with Gasteiger partial charge >= 0.3 is 0 Å². The summed E-state index contributed by atoms with van der Waals surface area (Å²) in [6.07, 6.45) is 0. The average molecular weight is 287 g/mol. The molecule has 3 nitrogen and oxygen atoms in total. The van der Waals surface area contributed by atoms with Gasteiger partial charge in [0.1, 0.15) is 0 Å². The molecule has 0 aromatic heterocycles. The molecule has 0 bridgehead atoms. The molecule has 0 aliphatic heterocycles. The van der Waals surface area contributed by atoms with E-state index in [1.807, 2.05) is 42.5 Å². The first-order valence-corrected chi connectivity index (χ1v) is 7.28. The van der Waals surface area contributed by atoms with Gasteiger partial charge in [-0.05, 0) is 29.8 Å². The van der Waals surface area contributed by atoms with Crippen LogP contribution in [0.25, 0.3) is 0 Å². The van der Waals surface area contributed by atoms with Crippen molar-refractivity contribution in [2.75, 3.05) is 14.2 Å². The number of hydrogen-bond acceptors (Lipinski definition) is 3. The fourth-order valence-corrected chi connectivity index (χ4v) is 2.55. The van der Waals surface area contributed by atoms with E-state index < -0.39 is 0 Å². The highest BCUT2D eigenvalue weighted by Crippen LogP contribution is 2.23. The van der Waals surface area contributed by atoms with E-state index in [1.165, 1.54) is 17.7 Å². The zero-order valence-electron chi connectivity index (χ0n) is 11.6. The maximum Gasteiger partial charge on any atom is 0.277 e. The number of hydrogen-bond donors (Lipinski definition) is 0. The summed E-state index contributed by atoms with van der Waals surface area (Å²) in [6, 6.07) is 17.9. The molecule has 2 aromatic carbocycles. The zero-order valence-corrected chi connectivity index (χ0v) is 12.4. The Bertz CT molecular complexity index is 554. The maximum absolute atomic E-state index is 11.9. The summed E-state index contributed by atoms with van der Waals surface area (Å²) in [5.41, 5.74) is 1.91. The second kappa shape index (κ2) is 7.12. The van der Waals surface area contributed by atoms with Crippen LogP contribution in [-0.2, 0) is 10.6 Å². The monoisotopic (exact) mass is 287 g/mol. The first kappa shape index (κ1) is 14.6. The number of carbonyl (C=O) groups is 1. The number of rotatable bonds is 5. The van der Waals surface area contributed by atoms with Gasteiger partial charge in [0, 0.05) is 23.3 Å². The summed E-state index contributed by atoms with van der Waals surface area (Å²) in [6.45, 7) is 0. The van der Waals surface area contributed by atoms with E-state index in [9.17, 15) is 4.79 Å². The van der Waals surface area contributed by atoms with Crippen molar-refractivity contribution in [2.45, 2.75) is 10.6 Å². The van der Waals surface area contributed by atoms with Crippen LogP contribution in [0.1, 0.15) is 15.9 Å². The van der Waals surface area contributed by atoms with Gasteiger partial charge < -0.3 is 0 Å². The predicted octanol–water partition coefficient (Wildman–Crippen LogP) is 3.61. The highest BCUT2D eigenvalue weighted by atomic mass is 32.2. The van der Waals surface area contributed by atoms with E-state index in [0.29, 0.717) is 5.56 Å². The Kier molecular flexibility index (Phi) is 5.21. The lowest BCUT2D eigenvalue weighted by molar-refractivity contribution is -0.0757. The van der Waals surface area contributed by atoms with Gasteiger partial charge in [0.2, 0.25) is 0 Å². The number of hydroxylamine groups is 2. The molecule has 0 saturated carbocycles. The molecule has 0 N–H and O–H groups in total. The molecule has 0 spiro atoms. The first-order valence-electron chi connectivity index (χ1n) is 6.29. The van der Waals surface area contributed by atoms with Crippen LogP contribution in [-0.4, -0.2) is 25.1 Å². The maximum atomic E-state index is 11.9. The zero-order chi connectivity index (χ0) is 14.4. The summed E-state index contributed by atoms with van der Waals surface area (Å²) in [4.78, 5) is 17.9. The van der Waals surface area contributed by atoms with Crippen molar-refractivity contribution >= 4 is 17.7 Å². The number of nitrogens with zero attached hydrogens (tertiary/aromatic N) is 1. The summed E-state index contributed by atoms with van der Waals surface area (Å²) in [5, 5.41) is 1.21. The number of benzene rings is 2.